The predicted molar refractivity (Wildman–Crippen MR) is 102 cm³/mol. The zero-order chi connectivity index (χ0) is 15.0. The van der Waals surface area contributed by atoms with Gasteiger partial charge in [0, 0.05) is 34.9 Å². The highest BCUT2D eigenvalue weighted by atomic mass is 79.9. The molecular formula is C10H14Br2N5P3. The second-order valence-electron chi connectivity index (χ2n) is 3.46. The molecule has 108 valence electrons. The number of nitrogens with one attached hydrogen (secondary N) is 2. The average molecular weight is 457 g/mol. The van der Waals surface area contributed by atoms with Crippen LogP contribution in [0, 0.1) is 0 Å². The standard InChI is InChI=1S/C4H5BrNP.C3H4BrN2P.C3H5N2P/c5-3-1-4(7)6-2-3;4-2-1-5-3(7)6-2;6-3-4-1-2-5-3/h2H,1,7H2;1H,7H2,(H,5,6);1-2H,6H2,(H,4,5). The van der Waals surface area contributed by atoms with Crippen molar-refractivity contribution in [2.75, 3.05) is 0 Å². The lowest BCUT2D eigenvalue weighted by Crippen LogP contribution is -1.90. The molecule has 0 fully saturated rings. The van der Waals surface area contributed by atoms with E-state index in [-0.39, 0.29) is 0 Å². The van der Waals surface area contributed by atoms with Crippen LogP contribution in [0.1, 0.15) is 6.42 Å². The van der Waals surface area contributed by atoms with E-state index in [0.717, 1.165) is 32.1 Å². The van der Waals surface area contributed by atoms with Crippen molar-refractivity contribution in [3.05, 3.63) is 33.9 Å². The molecule has 0 aliphatic carbocycles. The first kappa shape index (κ1) is 18.1. The Labute approximate surface area is 141 Å². The molecule has 2 aromatic rings. The van der Waals surface area contributed by atoms with Crippen molar-refractivity contribution in [3.8, 4) is 0 Å². The minimum absolute atomic E-state index is 0.854. The molecule has 0 bridgehead atoms. The number of halogens is 2. The molecular weight excluding hydrogens is 443 g/mol. The van der Waals surface area contributed by atoms with Crippen molar-refractivity contribution < 1.29 is 0 Å². The normalized spacial score (nSPS) is 12.7. The van der Waals surface area contributed by atoms with E-state index in [4.69, 9.17) is 0 Å². The van der Waals surface area contributed by atoms with Crippen LogP contribution in [0.3, 0.4) is 0 Å². The van der Waals surface area contributed by atoms with E-state index < -0.39 is 0 Å². The summed E-state index contributed by atoms with van der Waals surface area (Å²) in [5.41, 5.74) is 2.84. The molecule has 1 aliphatic heterocycles. The maximum atomic E-state index is 3.99. The average Bonchev–Trinajstić information content (AvgIpc) is 3.07. The van der Waals surface area contributed by atoms with Gasteiger partial charge in [-0.1, -0.05) is 43.6 Å². The van der Waals surface area contributed by atoms with Crippen LogP contribution in [0.4, 0.5) is 0 Å². The van der Waals surface area contributed by atoms with Crippen molar-refractivity contribution in [1.82, 2.24) is 19.9 Å². The number of nitrogens with zero attached hydrogens (tertiary/aromatic N) is 3. The number of aromatic nitrogens is 4. The van der Waals surface area contributed by atoms with Gasteiger partial charge in [0.1, 0.15) is 15.7 Å². The summed E-state index contributed by atoms with van der Waals surface area (Å²) in [6.07, 6.45) is 7.99. The first-order valence-electron chi connectivity index (χ1n) is 5.35. The lowest BCUT2D eigenvalue weighted by Gasteiger charge is -1.82. The SMILES string of the molecule is PC1=NC=C(Br)C1.Pc1ncc(Br)[nH]1.Pc1ncc[nH]1. The minimum atomic E-state index is 0.854. The smallest absolute Gasteiger partial charge is 0.123 e. The largest absolute Gasteiger partial charge is 0.345 e. The van der Waals surface area contributed by atoms with Crippen molar-refractivity contribution in [2.45, 2.75) is 6.42 Å². The minimum Gasteiger partial charge on any atom is -0.345 e. The third-order valence-electron chi connectivity index (χ3n) is 1.80. The van der Waals surface area contributed by atoms with Crippen LogP contribution in [0.25, 0.3) is 0 Å². The molecule has 2 N–H and O–H groups in total. The lowest BCUT2D eigenvalue weighted by molar-refractivity contribution is 1.39. The molecule has 0 aromatic carbocycles. The van der Waals surface area contributed by atoms with E-state index >= 15 is 0 Å². The number of aromatic amines is 2. The molecule has 1 aliphatic rings. The first-order chi connectivity index (χ1) is 9.47. The topological polar surface area (TPSA) is 69.7 Å². The van der Waals surface area contributed by atoms with Gasteiger partial charge in [0.15, 0.2) is 0 Å². The van der Waals surface area contributed by atoms with Gasteiger partial charge in [-0.15, -0.1) is 0 Å². The Hall–Kier alpha value is 0.0800. The van der Waals surface area contributed by atoms with Gasteiger partial charge in [0.25, 0.3) is 0 Å². The number of H-pyrrole nitrogens is 2. The molecule has 0 amide bonds. The number of allylic oxidation sites excluding steroid dienone is 1. The number of hydrogen-bond donors (Lipinski definition) is 2. The second kappa shape index (κ2) is 9.92. The molecule has 3 unspecified atom stereocenters. The van der Waals surface area contributed by atoms with Crippen LogP contribution in [0.5, 0.6) is 0 Å². The lowest BCUT2D eigenvalue weighted by atomic mass is 10.5. The molecule has 3 atom stereocenters. The molecule has 0 saturated carbocycles. The number of aliphatic imine (C=N–C) groups is 1. The summed E-state index contributed by atoms with van der Waals surface area (Å²) >= 11 is 6.51. The molecule has 10 heteroatoms. The molecule has 20 heavy (non-hydrogen) atoms. The highest BCUT2D eigenvalue weighted by molar-refractivity contribution is 9.11. The summed E-state index contributed by atoms with van der Waals surface area (Å²) in [6.45, 7) is 0. The van der Waals surface area contributed by atoms with Gasteiger partial charge in [-0.05, 0) is 15.9 Å². The summed E-state index contributed by atoms with van der Waals surface area (Å²) in [4.78, 5) is 17.4. The van der Waals surface area contributed by atoms with Gasteiger partial charge in [0.05, 0.1) is 6.20 Å². The quantitative estimate of drug-likeness (QED) is 0.598. The summed E-state index contributed by atoms with van der Waals surface area (Å²) in [6, 6.07) is 0. The fourth-order valence-electron chi connectivity index (χ4n) is 1.01. The fraction of sp³-hybridized carbons (Fsp3) is 0.100. The molecule has 3 heterocycles. The van der Waals surface area contributed by atoms with E-state index in [1.807, 2.05) is 6.20 Å². The zero-order valence-corrected chi connectivity index (χ0v) is 17.0. The van der Waals surface area contributed by atoms with E-state index in [0.29, 0.717) is 0 Å². The van der Waals surface area contributed by atoms with E-state index in [9.17, 15) is 0 Å². The van der Waals surface area contributed by atoms with Gasteiger partial charge in [-0.3, -0.25) is 4.99 Å². The maximum Gasteiger partial charge on any atom is 0.123 e. The Morgan fingerprint density at radius 2 is 1.85 bits per heavy atom. The van der Waals surface area contributed by atoms with Crippen LogP contribution in [0.15, 0.2) is 38.9 Å². The monoisotopic (exact) mass is 455 g/mol. The van der Waals surface area contributed by atoms with E-state index in [1.165, 1.54) is 0 Å². The Bertz CT molecular complexity index is 547. The molecule has 5 nitrogen and oxygen atoms in total. The Morgan fingerprint density at radius 3 is 2.00 bits per heavy atom. The number of imidazole rings is 2. The predicted octanol–water partition coefficient (Wildman–Crippen LogP) is 2.48. The maximum absolute atomic E-state index is 3.99. The summed E-state index contributed by atoms with van der Waals surface area (Å²) in [5, 5.41) is 0. The second-order valence-corrected chi connectivity index (χ2v) is 7.10. The van der Waals surface area contributed by atoms with Crippen molar-refractivity contribution in [1.29, 1.82) is 0 Å². The first-order valence-corrected chi connectivity index (χ1v) is 8.66. The number of rotatable bonds is 0. The summed E-state index contributed by atoms with van der Waals surface area (Å²) < 4.78 is 2.08. The Morgan fingerprint density at radius 1 is 1.10 bits per heavy atom. The van der Waals surface area contributed by atoms with Gasteiger partial charge < -0.3 is 9.97 Å². The van der Waals surface area contributed by atoms with Crippen LogP contribution in [-0.4, -0.2) is 25.4 Å². The molecule has 0 spiro atoms. The van der Waals surface area contributed by atoms with Crippen molar-refractivity contribution >= 4 is 76.2 Å². The van der Waals surface area contributed by atoms with Crippen LogP contribution in [-0.2, 0) is 0 Å². The van der Waals surface area contributed by atoms with Crippen LogP contribution >= 0.6 is 59.6 Å². The zero-order valence-electron chi connectivity index (χ0n) is 10.3. The molecule has 3 rings (SSSR count). The highest BCUT2D eigenvalue weighted by Gasteiger charge is 1.99. The van der Waals surface area contributed by atoms with Gasteiger partial charge in [-0.2, -0.15) is 0 Å². The van der Waals surface area contributed by atoms with E-state index in [1.54, 1.807) is 18.6 Å². The van der Waals surface area contributed by atoms with Gasteiger partial charge in [0.2, 0.25) is 0 Å². The summed E-state index contributed by atoms with van der Waals surface area (Å²) in [7, 11) is 7.47. The molecule has 2 aromatic heterocycles. The van der Waals surface area contributed by atoms with Gasteiger partial charge in [-0.25, -0.2) is 9.97 Å². The fourth-order valence-corrected chi connectivity index (χ4v) is 2.92. The van der Waals surface area contributed by atoms with Crippen molar-refractivity contribution in [3.63, 3.8) is 0 Å². The van der Waals surface area contributed by atoms with E-state index in [2.05, 4.69) is 84.5 Å². The Kier molecular flexibility index (Phi) is 8.99. The third kappa shape index (κ3) is 8.39. The Balaban J connectivity index is 0.000000151. The third-order valence-corrected chi connectivity index (χ3v) is 3.65. The molecule has 0 radical (unpaired) electrons. The van der Waals surface area contributed by atoms with Gasteiger partial charge >= 0.3 is 0 Å². The summed E-state index contributed by atoms with van der Waals surface area (Å²) in [5.74, 6) is 0. The number of hydrogen-bond acceptors (Lipinski definition) is 3. The molecule has 0 saturated heterocycles. The van der Waals surface area contributed by atoms with Crippen molar-refractivity contribution in [2.24, 2.45) is 4.99 Å². The highest BCUT2D eigenvalue weighted by Crippen LogP contribution is 2.19. The van der Waals surface area contributed by atoms with Crippen LogP contribution in [0.2, 0.25) is 0 Å². The van der Waals surface area contributed by atoms with Crippen LogP contribution < -0.4 is 11.1 Å².